The predicted octanol–water partition coefficient (Wildman–Crippen LogP) is 4.07. The summed E-state index contributed by atoms with van der Waals surface area (Å²) in [6, 6.07) is 15.3. The largest absolute Gasteiger partial charge is 0.454 e. The Morgan fingerprint density at radius 2 is 2.00 bits per heavy atom. The lowest BCUT2D eigenvalue weighted by molar-refractivity contribution is -0.118. The molecule has 0 fully saturated rings. The van der Waals surface area contributed by atoms with E-state index in [1.165, 1.54) is 23.3 Å². The topological polar surface area (TPSA) is 95.3 Å². The van der Waals surface area contributed by atoms with Gasteiger partial charge in [-0.15, -0.1) is 0 Å². The first-order valence-corrected chi connectivity index (χ1v) is 12.6. The maximum atomic E-state index is 13.2. The number of aromatic nitrogens is 3. The normalized spacial score (nSPS) is 12.3. The van der Waals surface area contributed by atoms with E-state index in [0.717, 1.165) is 17.5 Å². The Labute approximate surface area is 204 Å². The zero-order valence-corrected chi connectivity index (χ0v) is 20.1. The zero-order valence-electron chi connectivity index (χ0n) is 18.4. The van der Waals surface area contributed by atoms with E-state index in [9.17, 15) is 9.59 Å². The highest BCUT2D eigenvalue weighted by atomic mass is 32.2. The van der Waals surface area contributed by atoms with Crippen LogP contribution in [0.3, 0.4) is 0 Å². The smallest absolute Gasteiger partial charge is 0.273 e. The van der Waals surface area contributed by atoms with Crippen molar-refractivity contribution in [3.8, 4) is 22.8 Å². The second kappa shape index (κ2) is 9.86. The van der Waals surface area contributed by atoms with Crippen molar-refractivity contribution in [2.24, 2.45) is 0 Å². The second-order valence-corrected chi connectivity index (χ2v) is 9.40. The van der Waals surface area contributed by atoms with Gasteiger partial charge in [-0.1, -0.05) is 55.1 Å². The summed E-state index contributed by atoms with van der Waals surface area (Å²) in [5.41, 5.74) is 2.98. The molecule has 3 heterocycles. The molecule has 0 unspecified atom stereocenters. The lowest BCUT2D eigenvalue weighted by atomic mass is 10.1. The highest BCUT2D eigenvalue weighted by Gasteiger charge is 2.19. The molecule has 10 heteroatoms. The van der Waals surface area contributed by atoms with Gasteiger partial charge in [0.05, 0.1) is 5.75 Å². The molecular weight excluding hydrogens is 472 g/mol. The Morgan fingerprint density at radius 3 is 2.82 bits per heavy atom. The van der Waals surface area contributed by atoms with Gasteiger partial charge in [-0.25, -0.2) is 4.98 Å². The molecule has 0 saturated heterocycles. The number of fused-ring (bicyclic) bond motifs is 2. The van der Waals surface area contributed by atoms with Crippen molar-refractivity contribution >= 4 is 39.4 Å². The summed E-state index contributed by atoms with van der Waals surface area (Å²) in [4.78, 5) is 30.5. The number of hydrogen-bond acceptors (Lipinski definition) is 8. The van der Waals surface area contributed by atoms with Crippen molar-refractivity contribution in [1.82, 2.24) is 19.2 Å². The van der Waals surface area contributed by atoms with E-state index in [1.807, 2.05) is 55.5 Å². The number of amides is 1. The van der Waals surface area contributed by atoms with Gasteiger partial charge < -0.3 is 14.8 Å². The number of rotatable bonds is 8. The highest BCUT2D eigenvalue weighted by Crippen LogP contribution is 2.32. The van der Waals surface area contributed by atoms with Crippen molar-refractivity contribution in [2.75, 3.05) is 12.5 Å². The highest BCUT2D eigenvalue weighted by molar-refractivity contribution is 7.99. The lowest BCUT2D eigenvalue weighted by Crippen LogP contribution is -2.26. The van der Waals surface area contributed by atoms with E-state index >= 15 is 0 Å². The SMILES string of the molecule is CCCn1c(SCC(=O)NCc2ccc3c(c2)OCO3)nc2c(-c3ccccc3)nsc2c1=O. The molecular formula is C24H22N4O4S2. The predicted molar refractivity (Wildman–Crippen MR) is 133 cm³/mol. The van der Waals surface area contributed by atoms with E-state index in [0.29, 0.717) is 45.7 Å². The average molecular weight is 495 g/mol. The van der Waals surface area contributed by atoms with Gasteiger partial charge in [0.15, 0.2) is 16.7 Å². The molecule has 1 aliphatic rings. The minimum absolute atomic E-state index is 0.116. The standard InChI is InChI=1S/C24H22N4O4S2/c1-2-10-28-23(30)22-21(20(27-34-22)16-6-4-3-5-7-16)26-24(28)33-13-19(29)25-12-15-8-9-17-18(11-15)32-14-31-17/h3-9,11H,2,10,12-14H2,1H3,(H,25,29). The average Bonchev–Trinajstić information content (AvgIpc) is 3.51. The quantitative estimate of drug-likeness (QED) is 0.291. The van der Waals surface area contributed by atoms with Crippen molar-refractivity contribution in [3.63, 3.8) is 0 Å². The fourth-order valence-electron chi connectivity index (χ4n) is 3.64. The fraction of sp³-hybridized carbons (Fsp3) is 0.250. The molecule has 5 rings (SSSR count). The Hall–Kier alpha value is -3.37. The van der Waals surface area contributed by atoms with Crippen molar-refractivity contribution < 1.29 is 14.3 Å². The summed E-state index contributed by atoms with van der Waals surface area (Å²) in [7, 11) is 0. The van der Waals surface area contributed by atoms with Crippen LogP contribution >= 0.6 is 23.3 Å². The van der Waals surface area contributed by atoms with Gasteiger partial charge >= 0.3 is 0 Å². The monoisotopic (exact) mass is 494 g/mol. The molecule has 2 aromatic heterocycles. The van der Waals surface area contributed by atoms with Gasteiger partial charge in [0.2, 0.25) is 12.7 Å². The molecule has 4 aromatic rings. The first kappa shape index (κ1) is 22.4. The summed E-state index contributed by atoms with van der Waals surface area (Å²) in [5, 5.41) is 3.44. The number of carbonyl (C=O) groups is 1. The number of ether oxygens (including phenoxy) is 2. The van der Waals surface area contributed by atoms with E-state index in [1.54, 1.807) is 4.57 Å². The first-order valence-electron chi connectivity index (χ1n) is 10.9. The van der Waals surface area contributed by atoms with E-state index in [-0.39, 0.29) is 24.0 Å². The molecule has 0 radical (unpaired) electrons. The molecule has 0 atom stereocenters. The van der Waals surface area contributed by atoms with Crippen LogP contribution in [-0.4, -0.2) is 32.4 Å². The fourth-order valence-corrected chi connectivity index (χ4v) is 5.28. The van der Waals surface area contributed by atoms with Crippen LogP contribution in [-0.2, 0) is 17.9 Å². The molecule has 0 aliphatic carbocycles. The molecule has 1 amide bonds. The Morgan fingerprint density at radius 1 is 1.18 bits per heavy atom. The molecule has 0 saturated carbocycles. The van der Waals surface area contributed by atoms with Crippen LogP contribution in [0.25, 0.3) is 21.5 Å². The molecule has 174 valence electrons. The van der Waals surface area contributed by atoms with Crippen LogP contribution in [0.15, 0.2) is 58.5 Å². The molecule has 0 bridgehead atoms. The maximum absolute atomic E-state index is 13.2. The molecule has 34 heavy (non-hydrogen) atoms. The Bertz CT molecular complexity index is 1400. The number of benzene rings is 2. The van der Waals surface area contributed by atoms with Crippen molar-refractivity contribution in [2.45, 2.75) is 31.6 Å². The number of nitrogens with zero attached hydrogens (tertiary/aromatic N) is 3. The third kappa shape index (κ3) is 4.51. The van der Waals surface area contributed by atoms with Gasteiger partial charge in [0.1, 0.15) is 15.9 Å². The molecule has 0 spiro atoms. The maximum Gasteiger partial charge on any atom is 0.273 e. The summed E-state index contributed by atoms with van der Waals surface area (Å²) in [6.45, 7) is 3.12. The molecule has 1 N–H and O–H groups in total. The number of nitrogens with one attached hydrogen (secondary N) is 1. The van der Waals surface area contributed by atoms with Crippen molar-refractivity contribution in [3.05, 3.63) is 64.4 Å². The minimum Gasteiger partial charge on any atom is -0.454 e. The van der Waals surface area contributed by atoms with Crippen LogP contribution in [0.2, 0.25) is 0 Å². The number of hydrogen-bond donors (Lipinski definition) is 1. The van der Waals surface area contributed by atoms with E-state index in [2.05, 4.69) is 9.69 Å². The van der Waals surface area contributed by atoms with Crippen LogP contribution in [0.5, 0.6) is 11.5 Å². The van der Waals surface area contributed by atoms with Gasteiger partial charge in [0, 0.05) is 18.7 Å². The van der Waals surface area contributed by atoms with Gasteiger partial charge in [-0.2, -0.15) is 4.37 Å². The van der Waals surface area contributed by atoms with Crippen molar-refractivity contribution in [1.29, 1.82) is 0 Å². The lowest BCUT2D eigenvalue weighted by Gasteiger charge is -2.11. The molecule has 8 nitrogen and oxygen atoms in total. The van der Waals surface area contributed by atoms with E-state index in [4.69, 9.17) is 14.5 Å². The van der Waals surface area contributed by atoms with E-state index < -0.39 is 0 Å². The zero-order chi connectivity index (χ0) is 23.5. The summed E-state index contributed by atoms with van der Waals surface area (Å²) < 4.78 is 17.4. The van der Waals surface area contributed by atoms with Gasteiger partial charge in [-0.05, 0) is 35.6 Å². The van der Waals surface area contributed by atoms with Gasteiger partial charge in [0.25, 0.3) is 5.56 Å². The van der Waals surface area contributed by atoms with Crippen LogP contribution in [0.1, 0.15) is 18.9 Å². The number of thioether (sulfide) groups is 1. The second-order valence-electron chi connectivity index (χ2n) is 7.68. The Kier molecular flexibility index (Phi) is 6.50. The Balaban J connectivity index is 1.34. The first-order chi connectivity index (χ1) is 16.6. The van der Waals surface area contributed by atoms with Crippen LogP contribution in [0, 0.1) is 0 Å². The molecule has 2 aromatic carbocycles. The van der Waals surface area contributed by atoms with Crippen LogP contribution in [0.4, 0.5) is 0 Å². The molecule has 1 aliphatic heterocycles. The summed E-state index contributed by atoms with van der Waals surface area (Å²) in [6.07, 6.45) is 0.779. The number of carbonyl (C=O) groups excluding carboxylic acids is 1. The summed E-state index contributed by atoms with van der Waals surface area (Å²) in [5.74, 6) is 1.39. The summed E-state index contributed by atoms with van der Waals surface area (Å²) >= 11 is 2.43. The minimum atomic E-state index is -0.146. The van der Waals surface area contributed by atoms with Gasteiger partial charge in [-0.3, -0.25) is 14.2 Å². The van der Waals surface area contributed by atoms with Crippen LogP contribution < -0.4 is 20.3 Å². The third-order valence-corrected chi connectivity index (χ3v) is 7.10. The third-order valence-electron chi connectivity index (χ3n) is 5.30.